The standard InChI is InChI=1S/C30H34N6O/c1-3-5-12-21-27(37)20-26(35-24-15-8-6-13-22(24)31-33-35)29(28(21)30(17-4-2)18-10-11-19-30)36-25-16-9-7-14-23(25)32-34-36/h6-9,13-16,20,37H,3-5,10-12,17-19H2,1-2H3. The van der Waals surface area contributed by atoms with Crippen molar-refractivity contribution < 1.29 is 5.11 Å². The highest BCUT2D eigenvalue weighted by molar-refractivity contribution is 5.82. The van der Waals surface area contributed by atoms with Gasteiger partial charge in [-0.3, -0.25) is 0 Å². The highest BCUT2D eigenvalue weighted by Crippen LogP contribution is 2.51. The second-order valence-corrected chi connectivity index (χ2v) is 10.4. The molecule has 37 heavy (non-hydrogen) atoms. The quantitative estimate of drug-likeness (QED) is 0.256. The van der Waals surface area contributed by atoms with E-state index in [0.717, 1.165) is 84.0 Å². The highest BCUT2D eigenvalue weighted by atomic mass is 16.3. The van der Waals surface area contributed by atoms with E-state index in [-0.39, 0.29) is 5.41 Å². The molecule has 0 unspecified atom stereocenters. The number of para-hydroxylation sites is 2. The summed E-state index contributed by atoms with van der Waals surface area (Å²) in [6.07, 6.45) is 9.70. The maximum Gasteiger partial charge on any atom is 0.121 e. The second-order valence-electron chi connectivity index (χ2n) is 10.4. The average molecular weight is 495 g/mol. The fourth-order valence-electron chi connectivity index (χ4n) is 6.47. The highest BCUT2D eigenvalue weighted by Gasteiger charge is 2.41. The molecule has 6 rings (SSSR count). The number of rotatable bonds is 8. The zero-order chi connectivity index (χ0) is 25.4. The predicted molar refractivity (Wildman–Crippen MR) is 147 cm³/mol. The summed E-state index contributed by atoms with van der Waals surface area (Å²) >= 11 is 0. The van der Waals surface area contributed by atoms with Crippen molar-refractivity contribution in [3.63, 3.8) is 0 Å². The van der Waals surface area contributed by atoms with Crippen LogP contribution in [0.2, 0.25) is 0 Å². The van der Waals surface area contributed by atoms with Crippen LogP contribution in [0.3, 0.4) is 0 Å². The molecule has 190 valence electrons. The van der Waals surface area contributed by atoms with Crippen molar-refractivity contribution in [2.75, 3.05) is 0 Å². The third-order valence-electron chi connectivity index (χ3n) is 8.11. The first-order valence-corrected chi connectivity index (χ1v) is 13.7. The number of fused-ring (bicyclic) bond motifs is 2. The summed E-state index contributed by atoms with van der Waals surface area (Å²) in [6.45, 7) is 4.47. The molecule has 1 N–H and O–H groups in total. The third-order valence-corrected chi connectivity index (χ3v) is 8.11. The molecule has 0 spiro atoms. The van der Waals surface area contributed by atoms with Crippen molar-refractivity contribution in [2.45, 2.75) is 77.0 Å². The number of phenols is 1. The fourth-order valence-corrected chi connectivity index (χ4v) is 6.47. The molecule has 2 aromatic heterocycles. The molecule has 1 fully saturated rings. The van der Waals surface area contributed by atoms with Crippen LogP contribution in [0.5, 0.6) is 5.75 Å². The lowest BCUT2D eigenvalue weighted by atomic mass is 9.71. The number of aromatic nitrogens is 6. The van der Waals surface area contributed by atoms with Crippen LogP contribution in [0.1, 0.15) is 76.3 Å². The maximum absolute atomic E-state index is 11.6. The Bertz CT molecular complexity index is 1560. The minimum Gasteiger partial charge on any atom is -0.508 e. The lowest BCUT2D eigenvalue weighted by Gasteiger charge is -2.35. The Kier molecular flexibility index (Phi) is 6.14. The average Bonchev–Trinajstić information content (AvgIpc) is 3.66. The van der Waals surface area contributed by atoms with Crippen LogP contribution in [0.4, 0.5) is 0 Å². The van der Waals surface area contributed by atoms with Gasteiger partial charge >= 0.3 is 0 Å². The van der Waals surface area contributed by atoms with Gasteiger partial charge in [-0.25, -0.2) is 9.36 Å². The molecule has 0 amide bonds. The van der Waals surface area contributed by atoms with Gasteiger partial charge in [0.25, 0.3) is 0 Å². The summed E-state index contributed by atoms with van der Waals surface area (Å²) in [7, 11) is 0. The van der Waals surface area contributed by atoms with Crippen LogP contribution in [0.25, 0.3) is 33.4 Å². The molecule has 2 heterocycles. The van der Waals surface area contributed by atoms with Crippen molar-refractivity contribution in [3.8, 4) is 17.1 Å². The summed E-state index contributed by atoms with van der Waals surface area (Å²) in [6, 6.07) is 17.9. The number of hydrogen-bond acceptors (Lipinski definition) is 5. The molecule has 5 aromatic rings. The van der Waals surface area contributed by atoms with E-state index < -0.39 is 0 Å². The Labute approximate surface area is 217 Å². The topological polar surface area (TPSA) is 81.6 Å². The molecule has 0 radical (unpaired) electrons. The molecule has 7 heteroatoms. The van der Waals surface area contributed by atoms with E-state index in [1.807, 2.05) is 57.9 Å². The largest absolute Gasteiger partial charge is 0.508 e. The monoisotopic (exact) mass is 494 g/mol. The number of unbranched alkanes of at least 4 members (excludes halogenated alkanes) is 1. The fraction of sp³-hybridized carbons (Fsp3) is 0.400. The summed E-state index contributed by atoms with van der Waals surface area (Å²) in [4.78, 5) is 0. The Balaban J connectivity index is 1.76. The van der Waals surface area contributed by atoms with Crippen LogP contribution in [0.15, 0.2) is 54.6 Å². The molecule has 3 aromatic carbocycles. The minimum atomic E-state index is -0.0237. The van der Waals surface area contributed by atoms with Gasteiger partial charge in [0.1, 0.15) is 16.8 Å². The van der Waals surface area contributed by atoms with Gasteiger partial charge in [0.2, 0.25) is 0 Å². The van der Waals surface area contributed by atoms with Crippen molar-refractivity contribution in [3.05, 3.63) is 65.7 Å². The van der Waals surface area contributed by atoms with E-state index >= 15 is 0 Å². The van der Waals surface area contributed by atoms with Crippen LogP contribution in [0, 0.1) is 0 Å². The number of hydrogen-bond donors (Lipinski definition) is 1. The minimum absolute atomic E-state index is 0.0237. The molecule has 1 saturated carbocycles. The molecule has 1 aliphatic carbocycles. The van der Waals surface area contributed by atoms with Gasteiger partial charge in [-0.05, 0) is 72.9 Å². The van der Waals surface area contributed by atoms with E-state index in [4.69, 9.17) is 5.21 Å². The molecule has 0 aliphatic heterocycles. The van der Waals surface area contributed by atoms with Crippen LogP contribution < -0.4 is 0 Å². The van der Waals surface area contributed by atoms with E-state index in [9.17, 15) is 5.11 Å². The van der Waals surface area contributed by atoms with Gasteiger partial charge in [0.15, 0.2) is 0 Å². The van der Waals surface area contributed by atoms with Crippen molar-refractivity contribution in [1.82, 2.24) is 30.0 Å². The Morgan fingerprint density at radius 3 is 2.11 bits per heavy atom. The van der Waals surface area contributed by atoms with Gasteiger partial charge in [-0.15, -0.1) is 10.2 Å². The molecule has 1 aliphatic rings. The Morgan fingerprint density at radius 2 is 1.46 bits per heavy atom. The van der Waals surface area contributed by atoms with Gasteiger partial charge in [0.05, 0.1) is 22.4 Å². The zero-order valence-electron chi connectivity index (χ0n) is 21.7. The maximum atomic E-state index is 11.6. The number of nitrogens with zero attached hydrogens (tertiary/aromatic N) is 6. The summed E-state index contributed by atoms with van der Waals surface area (Å²) in [5.74, 6) is 0.341. The molecule has 0 saturated heterocycles. The Morgan fingerprint density at radius 1 is 0.838 bits per heavy atom. The summed E-state index contributed by atoms with van der Waals surface area (Å²) in [5.41, 5.74) is 7.54. The first-order valence-electron chi connectivity index (χ1n) is 13.7. The lowest BCUT2D eigenvalue weighted by molar-refractivity contribution is 0.388. The molecule has 7 nitrogen and oxygen atoms in total. The van der Waals surface area contributed by atoms with E-state index in [0.29, 0.717) is 5.75 Å². The number of aromatic hydroxyl groups is 1. The SMILES string of the molecule is CCCCc1c(O)cc(-n2nnc3ccccc32)c(-n2nnc3ccccc32)c1C1(CCC)CCCC1. The number of phenolic OH excluding ortho intramolecular Hbond substituents is 1. The summed E-state index contributed by atoms with van der Waals surface area (Å²) in [5, 5.41) is 29.9. The first-order chi connectivity index (χ1) is 18.2. The lowest BCUT2D eigenvalue weighted by Crippen LogP contribution is -2.27. The number of benzene rings is 3. The molecule has 0 atom stereocenters. The molecular formula is C30H34N6O. The Hall–Kier alpha value is -3.74. The van der Waals surface area contributed by atoms with Crippen molar-refractivity contribution >= 4 is 22.1 Å². The van der Waals surface area contributed by atoms with Crippen molar-refractivity contribution in [1.29, 1.82) is 0 Å². The summed E-state index contributed by atoms with van der Waals surface area (Å²) < 4.78 is 3.85. The van der Waals surface area contributed by atoms with Gasteiger partial charge < -0.3 is 5.11 Å². The van der Waals surface area contributed by atoms with Crippen molar-refractivity contribution in [2.24, 2.45) is 0 Å². The van der Waals surface area contributed by atoms with Crippen LogP contribution in [-0.2, 0) is 11.8 Å². The van der Waals surface area contributed by atoms with E-state index in [1.165, 1.54) is 18.4 Å². The van der Waals surface area contributed by atoms with Gasteiger partial charge in [-0.2, -0.15) is 0 Å². The van der Waals surface area contributed by atoms with E-state index in [1.54, 1.807) is 0 Å². The predicted octanol–water partition coefficient (Wildman–Crippen LogP) is 6.81. The smallest absolute Gasteiger partial charge is 0.121 e. The van der Waals surface area contributed by atoms with Crippen LogP contribution in [-0.4, -0.2) is 35.1 Å². The molecule has 0 bridgehead atoms. The van der Waals surface area contributed by atoms with Gasteiger partial charge in [0, 0.05) is 6.07 Å². The zero-order valence-corrected chi connectivity index (χ0v) is 21.7. The van der Waals surface area contributed by atoms with Gasteiger partial charge in [-0.1, -0.05) is 74.2 Å². The third kappa shape index (κ3) is 3.88. The van der Waals surface area contributed by atoms with Crippen LogP contribution >= 0.6 is 0 Å². The first kappa shape index (κ1) is 23.6. The van der Waals surface area contributed by atoms with E-state index in [2.05, 4.69) is 35.3 Å². The normalized spacial score (nSPS) is 15.2. The molecular weight excluding hydrogens is 460 g/mol. The second kappa shape index (κ2) is 9.61.